The zero-order valence-corrected chi connectivity index (χ0v) is 13.9. The summed E-state index contributed by atoms with van der Waals surface area (Å²) in [5.74, 6) is 3.49. The van der Waals surface area contributed by atoms with E-state index in [1.54, 1.807) is 6.33 Å². The van der Waals surface area contributed by atoms with E-state index in [1.165, 1.54) is 0 Å². The smallest absolute Gasteiger partial charge is 0.134 e. The first-order valence-electron chi connectivity index (χ1n) is 8.11. The molecule has 1 aliphatic heterocycles. The van der Waals surface area contributed by atoms with Crippen molar-refractivity contribution in [3.05, 3.63) is 35.5 Å². The van der Waals surface area contributed by atoms with Crippen molar-refractivity contribution in [3.63, 3.8) is 0 Å². The lowest BCUT2D eigenvalue weighted by atomic mass is 10.1. The lowest BCUT2D eigenvalue weighted by Gasteiger charge is -2.24. The third-order valence-electron chi connectivity index (χ3n) is 4.45. The van der Waals surface area contributed by atoms with Gasteiger partial charge in [-0.1, -0.05) is 0 Å². The summed E-state index contributed by atoms with van der Waals surface area (Å²) in [6.07, 6.45) is 3.67. The number of nitrogens with zero attached hydrogens (tertiary/aromatic N) is 3. The Hall–Kier alpha value is -2.08. The molecule has 0 radical (unpaired) electrons. The van der Waals surface area contributed by atoms with Crippen LogP contribution in [-0.2, 0) is 0 Å². The molecule has 1 saturated heterocycles. The molecule has 2 aromatic heterocycles. The summed E-state index contributed by atoms with van der Waals surface area (Å²) in [6, 6.07) is 4.26. The minimum atomic E-state index is 0.0995. The van der Waals surface area contributed by atoms with Crippen molar-refractivity contribution in [2.45, 2.75) is 45.7 Å². The van der Waals surface area contributed by atoms with Gasteiger partial charge >= 0.3 is 0 Å². The maximum absolute atomic E-state index is 9.48. The first kappa shape index (κ1) is 15.8. The van der Waals surface area contributed by atoms with Crippen LogP contribution >= 0.6 is 0 Å². The molecule has 2 unspecified atom stereocenters. The Morgan fingerprint density at radius 1 is 1.39 bits per heavy atom. The Labute approximate surface area is 136 Å². The second kappa shape index (κ2) is 6.58. The number of nitrogens with one attached hydrogen (secondary N) is 1. The number of furan rings is 1. The molecule has 0 bridgehead atoms. The number of rotatable bonds is 5. The van der Waals surface area contributed by atoms with Crippen molar-refractivity contribution < 1.29 is 9.52 Å². The van der Waals surface area contributed by atoms with E-state index in [0.29, 0.717) is 0 Å². The molecule has 23 heavy (non-hydrogen) atoms. The summed E-state index contributed by atoms with van der Waals surface area (Å²) < 4.78 is 5.60. The van der Waals surface area contributed by atoms with E-state index < -0.39 is 0 Å². The van der Waals surface area contributed by atoms with Crippen LogP contribution in [-0.4, -0.2) is 34.3 Å². The van der Waals surface area contributed by atoms with Gasteiger partial charge in [0.15, 0.2) is 0 Å². The molecule has 124 valence electrons. The van der Waals surface area contributed by atoms with Gasteiger partial charge in [0.05, 0.1) is 18.7 Å². The summed E-state index contributed by atoms with van der Waals surface area (Å²) in [5.41, 5.74) is 1.14. The zero-order valence-electron chi connectivity index (χ0n) is 13.9. The largest absolute Gasteiger partial charge is 0.466 e. The molecule has 2 N–H and O–H groups in total. The van der Waals surface area contributed by atoms with Crippen LogP contribution in [0.2, 0.25) is 0 Å². The average Bonchev–Trinajstić information content (AvgIpc) is 3.13. The van der Waals surface area contributed by atoms with Gasteiger partial charge in [-0.05, 0) is 39.7 Å². The van der Waals surface area contributed by atoms with Gasteiger partial charge in [0.2, 0.25) is 0 Å². The quantitative estimate of drug-likeness (QED) is 0.883. The van der Waals surface area contributed by atoms with Gasteiger partial charge in [-0.25, -0.2) is 9.97 Å². The van der Waals surface area contributed by atoms with Crippen LogP contribution < -0.4 is 10.2 Å². The molecule has 1 fully saturated rings. The second-order valence-corrected chi connectivity index (χ2v) is 6.17. The minimum Gasteiger partial charge on any atom is -0.466 e. The molecule has 0 spiro atoms. The molecule has 6 heteroatoms. The highest BCUT2D eigenvalue weighted by Gasteiger charge is 2.25. The van der Waals surface area contributed by atoms with Crippen LogP contribution in [0, 0.1) is 13.8 Å². The number of aromatic nitrogens is 2. The summed E-state index contributed by atoms with van der Waals surface area (Å²) in [7, 11) is 0. The maximum atomic E-state index is 9.48. The molecule has 6 nitrogen and oxygen atoms in total. The van der Waals surface area contributed by atoms with E-state index in [1.807, 2.05) is 19.9 Å². The fourth-order valence-electron chi connectivity index (χ4n) is 3.29. The lowest BCUT2D eigenvalue weighted by molar-refractivity contribution is 0.266. The van der Waals surface area contributed by atoms with Crippen molar-refractivity contribution in [2.24, 2.45) is 0 Å². The molecule has 0 amide bonds. The third kappa shape index (κ3) is 3.32. The van der Waals surface area contributed by atoms with Crippen LogP contribution in [0.4, 0.5) is 11.6 Å². The van der Waals surface area contributed by atoms with Gasteiger partial charge in [0.1, 0.15) is 29.5 Å². The molecule has 2 aromatic rings. The average molecular weight is 316 g/mol. The normalized spacial score (nSPS) is 19.1. The molecular formula is C17H24N4O2. The van der Waals surface area contributed by atoms with Crippen LogP contribution in [0.25, 0.3) is 0 Å². The lowest BCUT2D eigenvalue weighted by Crippen LogP contribution is -2.32. The Morgan fingerprint density at radius 3 is 2.91 bits per heavy atom. The standard InChI is InChI=1S/C17H24N4O2/c1-11-7-15(13(3)23-11)12(2)20-16-8-17(19-10-18-16)21-6-4-5-14(21)9-22/h7-8,10,12,14,22H,4-6,9H2,1-3H3,(H,18,19,20). The van der Waals surface area contributed by atoms with E-state index in [4.69, 9.17) is 4.42 Å². The first-order valence-corrected chi connectivity index (χ1v) is 8.11. The summed E-state index contributed by atoms with van der Waals surface area (Å²) in [5, 5.41) is 12.9. The maximum Gasteiger partial charge on any atom is 0.134 e. The predicted molar refractivity (Wildman–Crippen MR) is 89.7 cm³/mol. The number of hydrogen-bond donors (Lipinski definition) is 2. The van der Waals surface area contributed by atoms with Gasteiger partial charge in [0.25, 0.3) is 0 Å². The molecule has 3 rings (SSSR count). The molecule has 0 aliphatic carbocycles. The summed E-state index contributed by atoms with van der Waals surface area (Å²) in [6.45, 7) is 7.11. The van der Waals surface area contributed by atoms with Crippen molar-refractivity contribution in [2.75, 3.05) is 23.4 Å². The SMILES string of the molecule is Cc1cc(C(C)Nc2cc(N3CCCC3CO)ncn2)c(C)o1. The monoisotopic (exact) mass is 316 g/mol. The fourth-order valence-corrected chi connectivity index (χ4v) is 3.29. The first-order chi connectivity index (χ1) is 11.1. The van der Waals surface area contributed by atoms with E-state index >= 15 is 0 Å². The summed E-state index contributed by atoms with van der Waals surface area (Å²) >= 11 is 0. The second-order valence-electron chi connectivity index (χ2n) is 6.17. The summed E-state index contributed by atoms with van der Waals surface area (Å²) in [4.78, 5) is 10.8. The van der Waals surface area contributed by atoms with Crippen molar-refractivity contribution in [3.8, 4) is 0 Å². The van der Waals surface area contributed by atoms with Gasteiger partial charge < -0.3 is 19.7 Å². The van der Waals surface area contributed by atoms with Crippen molar-refractivity contribution in [1.82, 2.24) is 9.97 Å². The van der Waals surface area contributed by atoms with Gasteiger partial charge in [-0.2, -0.15) is 0 Å². The van der Waals surface area contributed by atoms with E-state index in [0.717, 1.165) is 48.1 Å². The highest BCUT2D eigenvalue weighted by molar-refractivity contribution is 5.51. The Morgan fingerprint density at radius 2 is 2.22 bits per heavy atom. The van der Waals surface area contributed by atoms with E-state index in [2.05, 4.69) is 33.2 Å². The Bertz CT molecular complexity index is 670. The molecule has 0 aromatic carbocycles. The topological polar surface area (TPSA) is 74.4 Å². The molecular weight excluding hydrogens is 292 g/mol. The fraction of sp³-hybridized carbons (Fsp3) is 0.529. The Balaban J connectivity index is 1.76. The predicted octanol–water partition coefficient (Wildman–Crippen LogP) is 2.82. The molecule has 2 atom stereocenters. The van der Waals surface area contributed by atoms with E-state index in [-0.39, 0.29) is 18.7 Å². The third-order valence-corrected chi connectivity index (χ3v) is 4.45. The van der Waals surface area contributed by atoms with Crippen LogP contribution in [0.15, 0.2) is 22.9 Å². The molecule has 1 aliphatic rings. The Kier molecular flexibility index (Phi) is 4.52. The van der Waals surface area contributed by atoms with Crippen LogP contribution in [0.5, 0.6) is 0 Å². The van der Waals surface area contributed by atoms with E-state index in [9.17, 15) is 5.11 Å². The molecule has 0 saturated carbocycles. The number of aliphatic hydroxyl groups is 1. The highest BCUT2D eigenvalue weighted by atomic mass is 16.3. The molecule has 3 heterocycles. The number of anilines is 2. The zero-order chi connectivity index (χ0) is 16.4. The van der Waals surface area contributed by atoms with Gasteiger partial charge in [-0.3, -0.25) is 0 Å². The van der Waals surface area contributed by atoms with Crippen molar-refractivity contribution >= 4 is 11.6 Å². The number of aliphatic hydroxyl groups excluding tert-OH is 1. The highest BCUT2D eigenvalue weighted by Crippen LogP contribution is 2.27. The van der Waals surface area contributed by atoms with Gasteiger partial charge in [0, 0.05) is 18.2 Å². The van der Waals surface area contributed by atoms with Crippen LogP contribution in [0.3, 0.4) is 0 Å². The number of hydrogen-bond acceptors (Lipinski definition) is 6. The van der Waals surface area contributed by atoms with Crippen LogP contribution in [0.1, 0.15) is 42.9 Å². The number of aryl methyl sites for hydroxylation is 2. The van der Waals surface area contributed by atoms with Crippen molar-refractivity contribution in [1.29, 1.82) is 0 Å². The minimum absolute atomic E-state index is 0.0995. The van der Waals surface area contributed by atoms with Gasteiger partial charge in [-0.15, -0.1) is 0 Å².